The molecule has 1 radical (unpaired) electrons. The number of pyridine rings is 2. The Labute approximate surface area is 313 Å². The summed E-state index contributed by atoms with van der Waals surface area (Å²) in [6, 6.07) is 42.1. The van der Waals surface area contributed by atoms with Gasteiger partial charge in [-0.3, -0.25) is 0 Å². The fourth-order valence-corrected chi connectivity index (χ4v) is 5.66. The molecular formula is C45H38IrN2O-2. The molecule has 3 nitrogen and oxygen atoms in total. The SMILES string of the molecule is [2H]C([2H])([2H])c1c[c-]c(-c2ccc(C([2H])([2H])[2H])cn2)cc1.[2H]C([2H])(c1ccc(-c2ccnc(-c3[c-]cc4c(c3)oc3c5ccccc5ccc43)c2)cc1)C(C)(C)C.[Ir]. The van der Waals surface area contributed by atoms with E-state index in [0.717, 1.165) is 55.1 Å². The van der Waals surface area contributed by atoms with Crippen molar-refractivity contribution < 1.29 is 35.5 Å². The topological polar surface area (TPSA) is 38.9 Å². The number of aryl methyl sites for hydroxylation is 2. The summed E-state index contributed by atoms with van der Waals surface area (Å²) in [4.78, 5) is 8.68. The maximum atomic E-state index is 8.53. The van der Waals surface area contributed by atoms with Crippen molar-refractivity contribution >= 4 is 32.7 Å². The van der Waals surface area contributed by atoms with Crippen molar-refractivity contribution in [2.45, 2.75) is 40.8 Å². The maximum absolute atomic E-state index is 8.53. The largest absolute Gasteiger partial charge is 0.476 e. The first kappa shape index (κ1) is 25.1. The fourth-order valence-electron chi connectivity index (χ4n) is 5.66. The maximum Gasteiger partial charge on any atom is 0.131 e. The van der Waals surface area contributed by atoms with Crippen LogP contribution in [0.5, 0.6) is 0 Å². The number of benzene rings is 5. The predicted octanol–water partition coefficient (Wildman–Crippen LogP) is 12.0. The molecule has 5 aromatic carbocycles. The number of nitrogens with zero attached hydrogens (tertiary/aromatic N) is 2. The molecule has 4 heteroatoms. The van der Waals surface area contributed by atoms with Crippen LogP contribution in [0.4, 0.5) is 0 Å². The molecule has 0 fully saturated rings. The van der Waals surface area contributed by atoms with E-state index in [1.165, 1.54) is 24.4 Å². The zero-order valence-electron chi connectivity index (χ0n) is 35.3. The average Bonchev–Trinajstić information content (AvgIpc) is 3.56. The smallest absolute Gasteiger partial charge is 0.131 e. The molecule has 3 aromatic heterocycles. The summed E-state index contributed by atoms with van der Waals surface area (Å²) in [5, 5.41) is 4.39. The van der Waals surface area contributed by atoms with Gasteiger partial charge in [-0.25, -0.2) is 0 Å². The first-order chi connectivity index (χ1) is 26.4. The van der Waals surface area contributed by atoms with Gasteiger partial charge >= 0.3 is 0 Å². The van der Waals surface area contributed by atoms with Crippen LogP contribution < -0.4 is 0 Å². The summed E-state index contributed by atoms with van der Waals surface area (Å²) >= 11 is 0. The molecule has 0 spiro atoms. The Morgan fingerprint density at radius 1 is 0.694 bits per heavy atom. The molecule has 0 aliphatic heterocycles. The molecule has 0 N–H and O–H groups in total. The summed E-state index contributed by atoms with van der Waals surface area (Å²) in [5.41, 5.74) is 7.17. The molecule has 0 aliphatic rings. The van der Waals surface area contributed by atoms with Crippen molar-refractivity contribution in [3.63, 3.8) is 0 Å². The Balaban J connectivity index is 0.000000223. The number of hydrogen-bond donors (Lipinski definition) is 0. The minimum absolute atomic E-state index is 0. The quantitative estimate of drug-likeness (QED) is 0.166. The Morgan fingerprint density at radius 3 is 2.22 bits per heavy atom. The van der Waals surface area contributed by atoms with Crippen molar-refractivity contribution in [2.75, 3.05) is 0 Å². The van der Waals surface area contributed by atoms with E-state index in [-0.39, 0.29) is 31.2 Å². The third-order valence-electron chi connectivity index (χ3n) is 7.92. The Hall–Kier alpha value is -4.89. The minimum atomic E-state index is -2.18. The van der Waals surface area contributed by atoms with Crippen LogP contribution in [0.15, 0.2) is 132 Å². The second-order valence-electron chi connectivity index (χ2n) is 12.7. The van der Waals surface area contributed by atoms with E-state index in [2.05, 4.69) is 46.4 Å². The molecule has 8 aromatic rings. The van der Waals surface area contributed by atoms with Gasteiger partial charge in [-0.2, -0.15) is 0 Å². The van der Waals surface area contributed by atoms with Crippen LogP contribution in [-0.4, -0.2) is 9.97 Å². The second kappa shape index (κ2) is 14.3. The molecule has 0 saturated carbocycles. The first-order valence-corrected chi connectivity index (χ1v) is 15.7. The molecule has 245 valence electrons. The van der Waals surface area contributed by atoms with Gasteiger partial charge in [0, 0.05) is 48.9 Å². The molecule has 0 aliphatic carbocycles. The monoisotopic (exact) mass is 823 g/mol. The molecule has 0 bridgehead atoms. The van der Waals surface area contributed by atoms with Gasteiger partial charge in [0.2, 0.25) is 0 Å². The van der Waals surface area contributed by atoms with Crippen LogP contribution >= 0.6 is 0 Å². The summed E-state index contributed by atoms with van der Waals surface area (Å²) in [6.45, 7) is 1.43. The third kappa shape index (κ3) is 7.73. The number of rotatable bonds is 4. The number of aromatic nitrogens is 2. The van der Waals surface area contributed by atoms with E-state index < -0.39 is 25.5 Å². The molecule has 0 saturated heterocycles. The summed E-state index contributed by atoms with van der Waals surface area (Å²) in [5.74, 6) is 0. The van der Waals surface area contributed by atoms with Gasteiger partial charge in [-0.15, -0.1) is 53.1 Å². The van der Waals surface area contributed by atoms with E-state index in [1.807, 2.05) is 81.4 Å². The Kier molecular flexibility index (Phi) is 7.34. The molecule has 0 atom stereocenters. The molecule has 0 amide bonds. The van der Waals surface area contributed by atoms with Crippen molar-refractivity contribution in [3.05, 3.63) is 156 Å². The van der Waals surface area contributed by atoms with Gasteiger partial charge in [0.25, 0.3) is 0 Å². The normalized spacial score (nSPS) is 14.5. The fraction of sp³-hybridized carbons (Fsp3) is 0.156. The van der Waals surface area contributed by atoms with Crippen LogP contribution in [0, 0.1) is 31.3 Å². The third-order valence-corrected chi connectivity index (χ3v) is 7.92. The first-order valence-electron chi connectivity index (χ1n) is 19.7. The van der Waals surface area contributed by atoms with E-state index in [4.69, 9.17) is 15.4 Å². The van der Waals surface area contributed by atoms with Gasteiger partial charge in [0.05, 0.1) is 5.58 Å². The van der Waals surface area contributed by atoms with Crippen LogP contribution in [0.3, 0.4) is 0 Å². The zero-order valence-corrected chi connectivity index (χ0v) is 29.7. The van der Waals surface area contributed by atoms with E-state index in [1.54, 1.807) is 18.3 Å². The Bertz CT molecular complexity index is 2610. The van der Waals surface area contributed by atoms with Gasteiger partial charge in [-0.05, 0) is 69.1 Å². The van der Waals surface area contributed by atoms with E-state index >= 15 is 0 Å². The summed E-state index contributed by atoms with van der Waals surface area (Å²) in [7, 11) is 0. The van der Waals surface area contributed by atoms with Crippen molar-refractivity contribution in [1.82, 2.24) is 9.97 Å². The van der Waals surface area contributed by atoms with Crippen LogP contribution in [0.1, 0.15) is 48.4 Å². The van der Waals surface area contributed by atoms with Gasteiger partial charge in [0.1, 0.15) is 5.58 Å². The summed E-state index contributed by atoms with van der Waals surface area (Å²) < 4.78 is 67.0. The average molecular weight is 823 g/mol. The van der Waals surface area contributed by atoms with Crippen LogP contribution in [0.2, 0.25) is 0 Å². The minimum Gasteiger partial charge on any atom is -0.476 e. The van der Waals surface area contributed by atoms with Gasteiger partial charge in [0.15, 0.2) is 0 Å². The molecular weight excluding hydrogens is 777 g/mol. The second-order valence-corrected chi connectivity index (χ2v) is 12.7. The van der Waals surface area contributed by atoms with E-state index in [9.17, 15) is 0 Å². The predicted molar refractivity (Wildman–Crippen MR) is 200 cm³/mol. The Morgan fingerprint density at radius 2 is 1.49 bits per heavy atom. The van der Waals surface area contributed by atoms with Crippen molar-refractivity contribution in [3.8, 4) is 33.6 Å². The standard InChI is InChI=1S/C32H26NO.C13H12N.Ir/c1-32(2,3)20-21-8-10-22(11-9-21)24-16-17-33-29(18-24)25-13-14-27-28-15-12-23-6-4-5-7-26(23)31(28)34-30(27)19-25;1-10-3-6-12(7-4-10)13-8-5-11(2)9-14-13;/h4-12,14-19H,20H2,1-3H3;3-6,8-9H,1-2H3;/q2*-1;/i20D2;1D3,2D3;. The molecule has 49 heavy (non-hydrogen) atoms. The van der Waals surface area contributed by atoms with Crippen LogP contribution in [0.25, 0.3) is 66.4 Å². The van der Waals surface area contributed by atoms with Crippen LogP contribution in [-0.2, 0) is 26.5 Å². The zero-order chi connectivity index (χ0) is 40.0. The molecule has 0 unspecified atom stereocenters. The number of hydrogen-bond acceptors (Lipinski definition) is 3. The molecule has 8 rings (SSSR count). The van der Waals surface area contributed by atoms with Crippen molar-refractivity contribution in [2.24, 2.45) is 5.41 Å². The number of furan rings is 1. The van der Waals surface area contributed by atoms with Gasteiger partial charge < -0.3 is 14.4 Å². The number of fused-ring (bicyclic) bond motifs is 5. The van der Waals surface area contributed by atoms with Crippen molar-refractivity contribution in [1.29, 1.82) is 0 Å². The van der Waals surface area contributed by atoms with E-state index in [0.29, 0.717) is 16.8 Å². The van der Waals surface area contributed by atoms with Gasteiger partial charge in [-0.1, -0.05) is 118 Å². The summed E-state index contributed by atoms with van der Waals surface area (Å²) in [6.07, 6.45) is 1.68. The molecule has 3 heterocycles.